The van der Waals surface area contributed by atoms with Crippen LogP contribution in [0.1, 0.15) is 25.7 Å². The minimum atomic E-state index is -1.64. The number of nitrogens with one attached hydrogen (secondary N) is 3. The molecule has 0 aliphatic carbocycles. The first-order valence-electron chi connectivity index (χ1n) is 8.52. The lowest BCUT2D eigenvalue weighted by atomic mass is 10.1. The number of aliphatic hydroxyl groups excluding tert-OH is 1. The van der Waals surface area contributed by atoms with Gasteiger partial charge >= 0.3 is 5.97 Å². The summed E-state index contributed by atoms with van der Waals surface area (Å²) in [5, 5.41) is 24.4. The summed E-state index contributed by atoms with van der Waals surface area (Å²) < 4.78 is 0. The van der Waals surface area contributed by atoms with Gasteiger partial charge in [0.15, 0.2) is 0 Å². The number of amides is 5. The van der Waals surface area contributed by atoms with Crippen LogP contribution in [0, 0.1) is 0 Å². The number of rotatable bonds is 14. The number of carboxylic acid groups (broad SMARTS) is 1. The van der Waals surface area contributed by atoms with Gasteiger partial charge in [0, 0.05) is 12.8 Å². The van der Waals surface area contributed by atoms with Gasteiger partial charge in [-0.2, -0.15) is 0 Å². The van der Waals surface area contributed by atoms with Crippen molar-refractivity contribution in [2.75, 3.05) is 13.2 Å². The molecule has 0 spiro atoms. The van der Waals surface area contributed by atoms with E-state index in [1.807, 2.05) is 5.32 Å². The van der Waals surface area contributed by atoms with Crippen molar-refractivity contribution in [3.63, 3.8) is 0 Å². The molecule has 0 unspecified atom stereocenters. The van der Waals surface area contributed by atoms with Crippen molar-refractivity contribution in [3.05, 3.63) is 0 Å². The normalized spacial score (nSPS) is 13.4. The summed E-state index contributed by atoms with van der Waals surface area (Å²) in [7, 11) is 0. The van der Waals surface area contributed by atoms with E-state index in [0.717, 1.165) is 0 Å². The number of carbonyl (C=O) groups excluding carboxylic acids is 5. The monoisotopic (exact) mass is 418 g/mol. The molecule has 0 aromatic rings. The van der Waals surface area contributed by atoms with Crippen LogP contribution in [0.3, 0.4) is 0 Å². The van der Waals surface area contributed by atoms with E-state index in [4.69, 9.17) is 27.4 Å². The van der Waals surface area contributed by atoms with Gasteiger partial charge in [-0.3, -0.25) is 24.0 Å². The SMILES string of the molecule is NCC(=O)N[C@@H](CCC(N)=O)C(=O)N[C@@H](CCC(N)=O)C(=O)N[C@@H](CO)C(=O)O. The molecular weight excluding hydrogens is 392 g/mol. The molecule has 3 atom stereocenters. The zero-order valence-electron chi connectivity index (χ0n) is 15.6. The molecular formula is C15H26N6O8. The maximum atomic E-state index is 12.5. The van der Waals surface area contributed by atoms with Gasteiger partial charge in [-0.1, -0.05) is 0 Å². The van der Waals surface area contributed by atoms with Gasteiger partial charge in [-0.15, -0.1) is 0 Å². The predicted octanol–water partition coefficient (Wildman–Crippen LogP) is -4.99. The smallest absolute Gasteiger partial charge is 0.328 e. The van der Waals surface area contributed by atoms with Gasteiger partial charge in [0.2, 0.25) is 29.5 Å². The summed E-state index contributed by atoms with van der Waals surface area (Å²) in [6, 6.07) is -4.32. The Hall–Kier alpha value is -3.26. The van der Waals surface area contributed by atoms with Crippen LogP contribution in [-0.4, -0.2) is 77.0 Å². The van der Waals surface area contributed by atoms with Gasteiger partial charge in [0.1, 0.15) is 18.1 Å². The van der Waals surface area contributed by atoms with Crippen molar-refractivity contribution in [1.29, 1.82) is 0 Å². The first-order valence-corrected chi connectivity index (χ1v) is 8.52. The highest BCUT2D eigenvalue weighted by Gasteiger charge is 2.29. The molecule has 0 heterocycles. The summed E-state index contributed by atoms with van der Waals surface area (Å²) in [5.74, 6) is -5.64. The van der Waals surface area contributed by atoms with Gasteiger partial charge < -0.3 is 43.4 Å². The van der Waals surface area contributed by atoms with Crippen LogP contribution < -0.4 is 33.2 Å². The molecule has 0 rings (SSSR count). The maximum Gasteiger partial charge on any atom is 0.328 e. The number of aliphatic carboxylic acids is 1. The van der Waals surface area contributed by atoms with Crippen LogP contribution in [0.2, 0.25) is 0 Å². The third-order valence-corrected chi connectivity index (χ3v) is 3.63. The van der Waals surface area contributed by atoms with Crippen LogP contribution in [0.4, 0.5) is 0 Å². The molecule has 0 saturated heterocycles. The molecule has 14 nitrogen and oxygen atoms in total. The Balaban J connectivity index is 5.35. The molecule has 29 heavy (non-hydrogen) atoms. The van der Waals surface area contributed by atoms with Gasteiger partial charge in [0.05, 0.1) is 13.2 Å². The van der Waals surface area contributed by atoms with Crippen LogP contribution in [0.15, 0.2) is 0 Å². The lowest BCUT2D eigenvalue weighted by molar-refractivity contribution is -0.143. The Morgan fingerprint density at radius 1 is 0.759 bits per heavy atom. The number of hydrogen-bond acceptors (Lipinski definition) is 8. The third-order valence-electron chi connectivity index (χ3n) is 3.63. The fourth-order valence-electron chi connectivity index (χ4n) is 2.09. The summed E-state index contributed by atoms with van der Waals surface area (Å²) in [6.45, 7) is -1.35. The van der Waals surface area contributed by atoms with Crippen molar-refractivity contribution in [1.82, 2.24) is 16.0 Å². The first kappa shape index (κ1) is 25.7. The molecule has 0 aliphatic heterocycles. The molecule has 0 aromatic carbocycles. The maximum absolute atomic E-state index is 12.5. The van der Waals surface area contributed by atoms with Crippen LogP contribution in [0.25, 0.3) is 0 Å². The Kier molecular flexibility index (Phi) is 11.5. The molecule has 0 aromatic heterocycles. The summed E-state index contributed by atoms with van der Waals surface area (Å²) in [5.41, 5.74) is 15.2. The standard InChI is InChI=1S/C15H26N6O8/c16-5-12(25)19-7(1-3-10(17)23)13(26)20-8(2-4-11(18)24)14(27)21-9(6-22)15(28)29/h7-9,22H,1-6,16H2,(H2,17,23)(H2,18,24)(H,19,25)(H,20,26)(H,21,27)(H,28,29)/t7-,8-,9-/m0/s1. The van der Waals surface area contributed by atoms with Crippen molar-refractivity contribution < 1.29 is 39.0 Å². The summed E-state index contributed by atoms with van der Waals surface area (Å²) >= 11 is 0. The number of carboxylic acids is 1. The molecule has 0 fully saturated rings. The molecule has 14 heteroatoms. The number of primary amides is 2. The Morgan fingerprint density at radius 3 is 1.52 bits per heavy atom. The topological polar surface area (TPSA) is 257 Å². The van der Waals surface area contributed by atoms with E-state index in [1.54, 1.807) is 0 Å². The summed E-state index contributed by atoms with van der Waals surface area (Å²) in [6.07, 6.45) is -1.05. The molecule has 11 N–H and O–H groups in total. The van der Waals surface area contributed by atoms with Crippen LogP contribution >= 0.6 is 0 Å². The van der Waals surface area contributed by atoms with Crippen molar-refractivity contribution in [2.45, 2.75) is 43.8 Å². The Morgan fingerprint density at radius 2 is 1.17 bits per heavy atom. The molecule has 0 aliphatic rings. The van der Waals surface area contributed by atoms with Crippen molar-refractivity contribution in [2.24, 2.45) is 17.2 Å². The second-order valence-corrected chi connectivity index (χ2v) is 5.98. The molecule has 0 bridgehead atoms. The minimum Gasteiger partial charge on any atom is -0.480 e. The molecule has 164 valence electrons. The van der Waals surface area contributed by atoms with E-state index in [9.17, 15) is 28.8 Å². The quantitative estimate of drug-likeness (QED) is 0.134. The van der Waals surface area contributed by atoms with Gasteiger partial charge in [0.25, 0.3) is 0 Å². The van der Waals surface area contributed by atoms with E-state index in [0.29, 0.717) is 0 Å². The van der Waals surface area contributed by atoms with Gasteiger partial charge in [-0.25, -0.2) is 4.79 Å². The molecule has 5 amide bonds. The third kappa shape index (κ3) is 10.6. The van der Waals surface area contributed by atoms with Crippen LogP contribution in [-0.2, 0) is 28.8 Å². The lowest BCUT2D eigenvalue weighted by Gasteiger charge is -2.23. The average molecular weight is 418 g/mol. The Bertz CT molecular complexity index is 640. The highest BCUT2D eigenvalue weighted by molar-refractivity contribution is 5.94. The van der Waals surface area contributed by atoms with Crippen molar-refractivity contribution >= 4 is 35.5 Å². The number of nitrogens with two attached hydrogens (primary N) is 3. The second-order valence-electron chi connectivity index (χ2n) is 5.98. The zero-order valence-corrected chi connectivity index (χ0v) is 15.6. The fourth-order valence-corrected chi connectivity index (χ4v) is 2.09. The zero-order chi connectivity index (χ0) is 22.6. The number of aliphatic hydroxyl groups is 1. The van der Waals surface area contributed by atoms with E-state index in [1.165, 1.54) is 0 Å². The largest absolute Gasteiger partial charge is 0.480 e. The average Bonchev–Trinajstić information content (AvgIpc) is 2.64. The molecule has 0 radical (unpaired) electrons. The minimum absolute atomic E-state index is 0.189. The lowest BCUT2D eigenvalue weighted by Crippen LogP contribution is -2.56. The van der Waals surface area contributed by atoms with Crippen LogP contribution in [0.5, 0.6) is 0 Å². The van der Waals surface area contributed by atoms with E-state index >= 15 is 0 Å². The van der Waals surface area contributed by atoms with Gasteiger partial charge in [-0.05, 0) is 12.8 Å². The van der Waals surface area contributed by atoms with E-state index in [-0.39, 0.29) is 25.7 Å². The first-order chi connectivity index (χ1) is 13.5. The molecule has 0 saturated carbocycles. The number of hydrogen-bond donors (Lipinski definition) is 8. The highest BCUT2D eigenvalue weighted by Crippen LogP contribution is 2.03. The Labute approximate surface area is 165 Å². The second kappa shape index (κ2) is 13.0. The predicted molar refractivity (Wildman–Crippen MR) is 96.4 cm³/mol. The highest BCUT2D eigenvalue weighted by atomic mass is 16.4. The van der Waals surface area contributed by atoms with E-state index in [2.05, 4.69) is 10.6 Å². The fraction of sp³-hybridized carbons (Fsp3) is 0.600. The van der Waals surface area contributed by atoms with E-state index < -0.39 is 66.8 Å². The van der Waals surface area contributed by atoms with Crippen molar-refractivity contribution in [3.8, 4) is 0 Å². The number of carbonyl (C=O) groups is 6. The summed E-state index contributed by atoms with van der Waals surface area (Å²) in [4.78, 5) is 69.2.